The smallest absolute Gasteiger partial charge is 0.223 e. The Kier molecular flexibility index (Phi) is 12.7. The van der Waals surface area contributed by atoms with Gasteiger partial charge in [-0.25, -0.2) is 19.7 Å². The maximum Gasteiger partial charge on any atom is 0.223 e. The predicted molar refractivity (Wildman–Crippen MR) is 210 cm³/mol. The van der Waals surface area contributed by atoms with Crippen LogP contribution < -0.4 is 0 Å². The fourth-order valence-corrected chi connectivity index (χ4v) is 11.7. The van der Waals surface area contributed by atoms with Crippen LogP contribution in [0.1, 0.15) is 131 Å². The third-order valence-electron chi connectivity index (χ3n) is 15.0. The van der Waals surface area contributed by atoms with Gasteiger partial charge in [-0.1, -0.05) is 32.9 Å². The van der Waals surface area contributed by atoms with Crippen LogP contribution in [0.15, 0.2) is 12.2 Å². The van der Waals surface area contributed by atoms with E-state index in [0.29, 0.717) is 48.9 Å². The summed E-state index contributed by atoms with van der Waals surface area (Å²) >= 11 is 0. The highest BCUT2D eigenvalue weighted by molar-refractivity contribution is 5.20. The lowest BCUT2D eigenvalue weighted by molar-refractivity contribution is -0.178. The van der Waals surface area contributed by atoms with Crippen LogP contribution >= 0.6 is 0 Å². The third kappa shape index (κ3) is 8.35. The molecule has 20 atom stereocenters. The Morgan fingerprint density at radius 2 is 1.09 bits per heavy atom. The molecule has 3 spiro atoms. The van der Waals surface area contributed by atoms with E-state index in [2.05, 4.69) is 47.5 Å². The molecule has 9 aliphatic rings. The molecule has 11 nitrogen and oxygen atoms in total. The molecule has 11 heteroatoms. The van der Waals surface area contributed by atoms with E-state index in [1.807, 2.05) is 20.8 Å². The van der Waals surface area contributed by atoms with Crippen molar-refractivity contribution in [3.8, 4) is 0 Å². The van der Waals surface area contributed by atoms with Crippen molar-refractivity contribution in [2.45, 2.75) is 234 Å². The average Bonchev–Trinajstić information content (AvgIpc) is 3.80. The van der Waals surface area contributed by atoms with Crippen molar-refractivity contribution < 1.29 is 38.6 Å². The summed E-state index contributed by atoms with van der Waals surface area (Å²) in [7, 11) is 0. The Bertz CT molecular complexity index is 1470. The summed E-state index contributed by atoms with van der Waals surface area (Å²) in [6.07, 6.45) is 17.3. The Labute approximate surface area is 335 Å². The molecule has 6 bridgehead atoms. The lowest BCUT2D eigenvalue weighted by Gasteiger charge is -2.45. The number of aliphatic hydroxyl groups excluding tert-OH is 2. The molecule has 3 aliphatic carbocycles. The zero-order chi connectivity index (χ0) is 40.0. The van der Waals surface area contributed by atoms with Crippen molar-refractivity contribution in [3.63, 3.8) is 0 Å². The number of hydrogen-bond acceptors (Lipinski definition) is 8. The van der Waals surface area contributed by atoms with Gasteiger partial charge >= 0.3 is 0 Å². The summed E-state index contributed by atoms with van der Waals surface area (Å²) in [4.78, 5) is 10.7. The Morgan fingerprint density at radius 3 is 1.66 bits per heavy atom. The van der Waals surface area contributed by atoms with E-state index in [-0.39, 0.29) is 66.0 Å². The lowest BCUT2D eigenvalue weighted by atomic mass is 9.70. The molecule has 9 rings (SSSR count). The molecular formula is C45H67N3O8. The topological polar surface area (TPSA) is 109 Å². The quantitative estimate of drug-likeness (QED) is 0.214. The van der Waals surface area contributed by atoms with Crippen LogP contribution in [0.2, 0.25) is 0 Å². The molecule has 0 aromatic carbocycles. The van der Waals surface area contributed by atoms with Crippen LogP contribution in [0.4, 0.5) is 0 Å². The van der Waals surface area contributed by atoms with Gasteiger partial charge in [-0.05, 0) is 56.8 Å². The van der Waals surface area contributed by atoms with E-state index in [9.17, 15) is 10.2 Å². The molecule has 2 N–H and O–H groups in total. The van der Waals surface area contributed by atoms with Crippen LogP contribution in [0.3, 0.4) is 0 Å². The lowest BCUT2D eigenvalue weighted by Crippen LogP contribution is -2.54. The number of fused-ring (bicyclic) bond motifs is 3. The zero-order valence-electron chi connectivity index (χ0n) is 34.6. The average molecular weight is 778 g/mol. The molecule has 0 amide bonds. The van der Waals surface area contributed by atoms with Crippen LogP contribution in [-0.4, -0.2) is 112 Å². The van der Waals surface area contributed by atoms with E-state index in [1.54, 1.807) is 0 Å². The van der Waals surface area contributed by atoms with Crippen molar-refractivity contribution in [1.29, 1.82) is 0 Å². The largest absolute Gasteiger partial charge is 0.390 e. The van der Waals surface area contributed by atoms with Crippen LogP contribution in [0.25, 0.3) is 14.5 Å². The monoisotopic (exact) mass is 777 g/mol. The van der Waals surface area contributed by atoms with Crippen LogP contribution in [0, 0.1) is 37.5 Å². The first-order chi connectivity index (χ1) is 26.7. The summed E-state index contributed by atoms with van der Waals surface area (Å²) in [5.41, 5.74) is -0.642. The van der Waals surface area contributed by atoms with Gasteiger partial charge in [0, 0.05) is 71.6 Å². The Morgan fingerprint density at radius 1 is 0.607 bits per heavy atom. The minimum atomic E-state index is -0.791. The SMILES string of the molecule is [C-]#[N+][C@H](C)C[C@H]1CC[C@@H]2O[C@@H]3C[C@]2(C=CC3C)O1.[C-]#[N+][C@H](C)C[C@H]1CC[C@@H]2O[C@@H]3C[C@]2(C[C@@H](C)C3C)O1.[C-]#[N+][C@H](C)C[C@H]1CC[C@@H]2O[C@@H]3C[C@]2(C[C@@H](O)C3O)O1. The molecule has 56 heavy (non-hydrogen) atoms. The normalized spacial score (nSPS) is 49.4. The molecule has 8 fully saturated rings. The highest BCUT2D eigenvalue weighted by Gasteiger charge is 2.61. The van der Waals surface area contributed by atoms with Crippen molar-refractivity contribution >= 4 is 0 Å². The van der Waals surface area contributed by atoms with E-state index in [1.165, 1.54) is 0 Å². The summed E-state index contributed by atoms with van der Waals surface area (Å²) in [5.74, 6) is 1.84. The highest BCUT2D eigenvalue weighted by Crippen LogP contribution is 2.54. The molecule has 3 unspecified atom stereocenters. The van der Waals surface area contributed by atoms with Crippen molar-refractivity contribution in [3.05, 3.63) is 46.4 Å². The van der Waals surface area contributed by atoms with Crippen molar-refractivity contribution in [1.82, 2.24) is 0 Å². The van der Waals surface area contributed by atoms with Crippen molar-refractivity contribution in [2.24, 2.45) is 17.8 Å². The fourth-order valence-electron chi connectivity index (χ4n) is 11.7. The maximum atomic E-state index is 9.95. The molecule has 6 saturated heterocycles. The second-order valence-electron chi connectivity index (χ2n) is 19.3. The number of ether oxygens (including phenoxy) is 6. The van der Waals surface area contributed by atoms with E-state index < -0.39 is 17.8 Å². The summed E-state index contributed by atoms with van der Waals surface area (Å²) in [5, 5.41) is 19.8. The Balaban J connectivity index is 0.000000129. The molecular weight excluding hydrogens is 711 g/mol. The molecule has 0 aromatic rings. The third-order valence-corrected chi connectivity index (χ3v) is 15.0. The standard InChI is InChI=1S/C16H25NO2.C15H21NO2.C14H21NO4/c1-10-8-16-9-14(12(10)3)18-15(16)6-5-13(19-16)7-11(2)17-4;1-10-6-7-15-9-13(10)17-14(15)5-4-12(18-15)8-11(2)16-3;1-8(15-2)5-9-3-4-12-14(19-9)6-10(16)13(17)11(7-14)18-12/h10-15H,5-9H2,1-3H3;6-7,10-14H,4-5,8-9H2,1-2H3;8-13,16-17H,3-7H2,1H3/t10-,11-,12?,13-,14-,15+,16+;10?,11-,12-,13-,14+,15+;8-,9-,10-,11-,12+,13?,14+/m111/s1. The first kappa shape index (κ1) is 42.0. The minimum Gasteiger partial charge on any atom is -0.390 e. The van der Waals surface area contributed by atoms with Gasteiger partial charge in [0.2, 0.25) is 18.1 Å². The molecule has 6 aliphatic heterocycles. The summed E-state index contributed by atoms with van der Waals surface area (Å²) in [6, 6.07) is 0.110. The molecule has 6 heterocycles. The maximum absolute atomic E-state index is 9.95. The summed E-state index contributed by atoms with van der Waals surface area (Å²) in [6.45, 7) is 34.0. The second-order valence-corrected chi connectivity index (χ2v) is 19.3. The molecule has 0 radical (unpaired) electrons. The van der Waals surface area contributed by atoms with Gasteiger partial charge in [0.25, 0.3) is 0 Å². The second kappa shape index (κ2) is 16.9. The summed E-state index contributed by atoms with van der Waals surface area (Å²) < 4.78 is 37.3. The number of rotatable bonds is 6. The highest BCUT2D eigenvalue weighted by atomic mass is 16.6. The first-order valence-electron chi connectivity index (χ1n) is 21.9. The van der Waals surface area contributed by atoms with Gasteiger partial charge in [-0.2, -0.15) is 0 Å². The fraction of sp³-hybridized carbons (Fsp3) is 0.889. The van der Waals surface area contributed by atoms with Crippen LogP contribution in [0.5, 0.6) is 0 Å². The molecule has 2 saturated carbocycles. The van der Waals surface area contributed by atoms with Gasteiger partial charge in [-0.3, -0.25) is 0 Å². The minimum absolute atomic E-state index is 0.0104. The van der Waals surface area contributed by atoms with Gasteiger partial charge in [0.1, 0.15) is 11.7 Å². The number of hydrogen-bond donors (Lipinski definition) is 2. The zero-order valence-corrected chi connectivity index (χ0v) is 34.6. The number of nitrogens with zero attached hydrogens (tertiary/aromatic N) is 3. The molecule has 310 valence electrons. The van der Waals surface area contributed by atoms with Gasteiger partial charge in [-0.15, -0.1) is 0 Å². The van der Waals surface area contributed by atoms with Gasteiger partial charge in [0.05, 0.1) is 72.2 Å². The van der Waals surface area contributed by atoms with E-state index >= 15 is 0 Å². The number of aliphatic hydroxyl groups is 2. The van der Waals surface area contributed by atoms with E-state index in [4.69, 9.17) is 48.1 Å². The van der Waals surface area contributed by atoms with E-state index in [0.717, 1.165) is 77.0 Å². The molecule has 0 aromatic heterocycles. The predicted octanol–water partition coefficient (Wildman–Crippen LogP) is 7.29. The van der Waals surface area contributed by atoms with Gasteiger partial charge in [0.15, 0.2) is 0 Å². The Hall–Kier alpha value is -2.11. The first-order valence-corrected chi connectivity index (χ1v) is 21.9. The van der Waals surface area contributed by atoms with Gasteiger partial charge < -0.3 is 53.2 Å². The van der Waals surface area contributed by atoms with Crippen molar-refractivity contribution in [2.75, 3.05) is 0 Å². The van der Waals surface area contributed by atoms with Crippen LogP contribution in [-0.2, 0) is 28.4 Å².